The Morgan fingerprint density at radius 1 is 1.13 bits per heavy atom. The van der Waals surface area contributed by atoms with Gasteiger partial charge in [-0.05, 0) is 48.4 Å². The van der Waals surface area contributed by atoms with E-state index in [1.54, 1.807) is 18.5 Å². The molecule has 3 aromatic rings. The molecule has 2 aliphatic rings. The molecule has 30 heavy (non-hydrogen) atoms. The third kappa shape index (κ3) is 4.04. The number of rotatable bonds is 7. The van der Waals surface area contributed by atoms with Crippen LogP contribution in [0.1, 0.15) is 42.6 Å². The first-order chi connectivity index (χ1) is 14.7. The zero-order valence-corrected chi connectivity index (χ0v) is 16.7. The maximum atomic E-state index is 9.55. The van der Waals surface area contributed by atoms with Crippen LogP contribution in [0.15, 0.2) is 49.1 Å². The molecule has 0 bridgehead atoms. The van der Waals surface area contributed by atoms with Crippen molar-refractivity contribution in [3.8, 4) is 16.9 Å². The van der Waals surface area contributed by atoms with Gasteiger partial charge in [-0.25, -0.2) is 0 Å². The fourth-order valence-corrected chi connectivity index (χ4v) is 4.04. The van der Waals surface area contributed by atoms with E-state index in [9.17, 15) is 10.2 Å². The number of aromatic nitrogens is 3. The Balaban J connectivity index is 1.32. The van der Waals surface area contributed by atoms with E-state index < -0.39 is 6.29 Å². The summed E-state index contributed by atoms with van der Waals surface area (Å²) in [6, 6.07) is 7.99. The van der Waals surface area contributed by atoms with E-state index in [1.165, 1.54) is 12.8 Å². The van der Waals surface area contributed by atoms with E-state index in [-0.39, 0.29) is 5.92 Å². The summed E-state index contributed by atoms with van der Waals surface area (Å²) in [6.45, 7) is 2.33. The number of pyridine rings is 1. The molecule has 7 heteroatoms. The highest BCUT2D eigenvalue weighted by Crippen LogP contribution is 2.37. The molecule has 0 radical (unpaired) electrons. The smallest absolute Gasteiger partial charge is 0.180 e. The van der Waals surface area contributed by atoms with Crippen molar-refractivity contribution in [1.82, 2.24) is 14.8 Å². The van der Waals surface area contributed by atoms with Crippen LogP contribution in [0.5, 0.6) is 5.75 Å². The number of hydrogen-bond acceptors (Lipinski definition) is 6. The topological polar surface area (TPSA) is 92.4 Å². The molecule has 0 unspecified atom stereocenters. The molecular formula is C23H26N4O3. The minimum atomic E-state index is -1.53. The van der Waals surface area contributed by atoms with E-state index in [0.29, 0.717) is 24.4 Å². The Labute approximate surface area is 175 Å². The highest BCUT2D eigenvalue weighted by molar-refractivity contribution is 5.65. The first kappa shape index (κ1) is 19.1. The first-order valence-electron chi connectivity index (χ1n) is 10.5. The van der Waals surface area contributed by atoms with Crippen LogP contribution in [0.25, 0.3) is 11.1 Å². The fourth-order valence-electron chi connectivity index (χ4n) is 4.04. The minimum Gasteiger partial charge on any atom is -0.493 e. The summed E-state index contributed by atoms with van der Waals surface area (Å²) in [6.07, 6.45) is 9.22. The lowest BCUT2D eigenvalue weighted by molar-refractivity contribution is -0.0419. The number of aliphatic hydroxyl groups excluding tert-OH is 1. The fraction of sp³-hybridized carbons (Fsp3) is 0.391. The van der Waals surface area contributed by atoms with E-state index in [1.807, 2.05) is 10.9 Å². The maximum Gasteiger partial charge on any atom is 0.180 e. The van der Waals surface area contributed by atoms with E-state index >= 15 is 0 Å². The monoisotopic (exact) mass is 406 g/mol. The normalized spacial score (nSPS) is 18.2. The number of nitrogens with zero attached hydrogens (tertiary/aromatic N) is 3. The van der Waals surface area contributed by atoms with E-state index in [2.05, 4.69) is 39.8 Å². The molecule has 1 aliphatic carbocycles. The Kier molecular flexibility index (Phi) is 5.14. The second kappa shape index (κ2) is 8.08. The lowest BCUT2D eigenvalue weighted by atomic mass is 9.91. The Hall–Kier alpha value is -2.90. The molecule has 1 aromatic carbocycles. The van der Waals surface area contributed by atoms with Crippen LogP contribution in [0.2, 0.25) is 0 Å². The molecule has 1 aliphatic heterocycles. The van der Waals surface area contributed by atoms with Gasteiger partial charge >= 0.3 is 0 Å². The van der Waals surface area contributed by atoms with Crippen molar-refractivity contribution in [1.29, 1.82) is 0 Å². The second-order valence-corrected chi connectivity index (χ2v) is 8.20. The number of aliphatic hydroxyl groups is 2. The number of benzene rings is 1. The van der Waals surface area contributed by atoms with Crippen molar-refractivity contribution in [3.05, 3.63) is 60.2 Å². The van der Waals surface area contributed by atoms with Gasteiger partial charge in [0.2, 0.25) is 0 Å². The first-order valence-corrected chi connectivity index (χ1v) is 10.5. The van der Waals surface area contributed by atoms with Gasteiger partial charge in [0.25, 0.3) is 0 Å². The quantitative estimate of drug-likeness (QED) is 0.522. The lowest BCUT2D eigenvalue weighted by Crippen LogP contribution is -2.21. The predicted octanol–water partition coefficient (Wildman–Crippen LogP) is 3.32. The summed E-state index contributed by atoms with van der Waals surface area (Å²) in [5, 5.41) is 26.9. The third-order valence-electron chi connectivity index (χ3n) is 5.96. The largest absolute Gasteiger partial charge is 0.493 e. The maximum absolute atomic E-state index is 9.55. The van der Waals surface area contributed by atoms with Crippen LogP contribution in [0, 0.1) is 5.92 Å². The molecule has 0 spiro atoms. The predicted molar refractivity (Wildman–Crippen MR) is 113 cm³/mol. The zero-order valence-electron chi connectivity index (χ0n) is 16.7. The van der Waals surface area contributed by atoms with Crippen molar-refractivity contribution in [2.45, 2.75) is 38.0 Å². The van der Waals surface area contributed by atoms with Gasteiger partial charge in [-0.3, -0.25) is 9.67 Å². The molecule has 3 heterocycles. The highest BCUT2D eigenvalue weighted by atomic mass is 16.5. The van der Waals surface area contributed by atoms with Gasteiger partial charge in [0.15, 0.2) is 6.29 Å². The Morgan fingerprint density at radius 3 is 2.87 bits per heavy atom. The van der Waals surface area contributed by atoms with Gasteiger partial charge in [0.05, 0.1) is 24.7 Å². The van der Waals surface area contributed by atoms with Gasteiger partial charge in [-0.2, -0.15) is 5.10 Å². The van der Waals surface area contributed by atoms with Gasteiger partial charge in [0.1, 0.15) is 5.75 Å². The molecule has 0 amide bonds. The third-order valence-corrected chi connectivity index (χ3v) is 5.96. The standard InChI is InChI=1S/C23H26N4O3/c28-23(29)20-5-7-24-12-21(20)25-10-17-6-8-30-22-9-16(3-4-19(17)22)18-11-26-27(14-18)13-15-1-2-15/h3-5,7,9,11-12,14-15,17,23,25,28-29H,1-2,6,8,10,13H2/t17-/m1/s1. The van der Waals surface area contributed by atoms with Gasteiger partial charge in [-0.1, -0.05) is 12.1 Å². The molecule has 3 N–H and O–H groups in total. The summed E-state index contributed by atoms with van der Waals surface area (Å²) in [4.78, 5) is 4.09. The minimum absolute atomic E-state index is 0.268. The Morgan fingerprint density at radius 2 is 2.03 bits per heavy atom. The highest BCUT2D eigenvalue weighted by Gasteiger charge is 2.24. The van der Waals surface area contributed by atoms with Crippen molar-refractivity contribution in [2.75, 3.05) is 18.5 Å². The van der Waals surface area contributed by atoms with Gasteiger partial charge < -0.3 is 20.3 Å². The van der Waals surface area contributed by atoms with Crippen molar-refractivity contribution < 1.29 is 14.9 Å². The number of fused-ring (bicyclic) bond motifs is 1. The van der Waals surface area contributed by atoms with Crippen LogP contribution >= 0.6 is 0 Å². The molecule has 1 atom stereocenters. The van der Waals surface area contributed by atoms with Crippen LogP contribution in [-0.4, -0.2) is 38.1 Å². The van der Waals surface area contributed by atoms with Gasteiger partial charge in [0, 0.05) is 42.5 Å². The molecule has 156 valence electrons. The van der Waals surface area contributed by atoms with Crippen molar-refractivity contribution in [2.24, 2.45) is 5.92 Å². The van der Waals surface area contributed by atoms with Crippen molar-refractivity contribution in [3.63, 3.8) is 0 Å². The Bertz CT molecular complexity index is 1030. The molecule has 0 saturated heterocycles. The summed E-state index contributed by atoms with van der Waals surface area (Å²) in [7, 11) is 0. The van der Waals surface area contributed by atoms with E-state index in [0.717, 1.165) is 41.3 Å². The van der Waals surface area contributed by atoms with E-state index in [4.69, 9.17) is 4.74 Å². The van der Waals surface area contributed by atoms with Crippen molar-refractivity contribution >= 4 is 5.69 Å². The molecule has 7 nitrogen and oxygen atoms in total. The molecule has 1 fully saturated rings. The SMILES string of the molecule is OC(O)c1ccncc1NC[C@H]1CCOc2cc(-c3cnn(CC4CC4)c3)ccc21. The van der Waals surface area contributed by atoms with Crippen LogP contribution < -0.4 is 10.1 Å². The second-order valence-electron chi connectivity index (χ2n) is 8.20. The molecule has 1 saturated carbocycles. The number of nitrogens with one attached hydrogen (secondary N) is 1. The molecule has 5 rings (SSSR count). The number of hydrogen-bond donors (Lipinski definition) is 3. The zero-order chi connectivity index (χ0) is 20.5. The lowest BCUT2D eigenvalue weighted by Gasteiger charge is -2.27. The molecule has 2 aromatic heterocycles. The molecular weight excluding hydrogens is 380 g/mol. The average molecular weight is 406 g/mol. The number of ether oxygens (including phenoxy) is 1. The van der Waals surface area contributed by atoms with Crippen LogP contribution in [-0.2, 0) is 6.54 Å². The van der Waals surface area contributed by atoms with Gasteiger partial charge in [-0.15, -0.1) is 0 Å². The summed E-state index contributed by atoms with van der Waals surface area (Å²) in [5.41, 5.74) is 4.45. The summed E-state index contributed by atoms with van der Waals surface area (Å²) >= 11 is 0. The van der Waals surface area contributed by atoms with Crippen LogP contribution in [0.4, 0.5) is 5.69 Å². The summed E-state index contributed by atoms with van der Waals surface area (Å²) in [5.74, 6) is 1.98. The number of anilines is 1. The summed E-state index contributed by atoms with van der Waals surface area (Å²) < 4.78 is 8.01. The van der Waals surface area contributed by atoms with Crippen LogP contribution in [0.3, 0.4) is 0 Å². The average Bonchev–Trinajstić information content (AvgIpc) is 3.46.